The van der Waals surface area contributed by atoms with Crippen LogP contribution in [0, 0.1) is 0 Å². The maximum atomic E-state index is 12.9. The summed E-state index contributed by atoms with van der Waals surface area (Å²) in [4.78, 5) is 32.8. The first-order valence-corrected chi connectivity index (χ1v) is 10.3. The van der Waals surface area contributed by atoms with Crippen LogP contribution in [-0.4, -0.2) is 53.3 Å². The third-order valence-corrected chi connectivity index (χ3v) is 5.69. The molecule has 7 heteroatoms. The minimum Gasteiger partial charge on any atom is -0.497 e. The number of ether oxygens (including phenoxy) is 1. The van der Waals surface area contributed by atoms with Gasteiger partial charge in [-0.25, -0.2) is 4.98 Å². The predicted molar refractivity (Wildman–Crippen MR) is 106 cm³/mol. The lowest BCUT2D eigenvalue weighted by atomic mass is 10.0. The first-order valence-electron chi connectivity index (χ1n) is 10.3. The number of oxazole rings is 1. The van der Waals surface area contributed by atoms with Gasteiger partial charge in [0.25, 0.3) is 0 Å². The molecule has 0 unspecified atom stereocenters. The van der Waals surface area contributed by atoms with E-state index in [1.807, 2.05) is 29.2 Å². The Morgan fingerprint density at radius 3 is 2.97 bits per heavy atom. The van der Waals surface area contributed by atoms with E-state index in [9.17, 15) is 9.59 Å². The van der Waals surface area contributed by atoms with Crippen molar-refractivity contribution in [2.75, 3.05) is 26.7 Å². The molecule has 2 aliphatic heterocycles. The van der Waals surface area contributed by atoms with E-state index in [1.54, 1.807) is 18.2 Å². The lowest BCUT2D eigenvalue weighted by Gasteiger charge is -2.34. The maximum Gasteiger partial charge on any atom is 0.242 e. The lowest BCUT2D eigenvalue weighted by molar-refractivity contribution is -0.141. The van der Waals surface area contributed by atoms with Gasteiger partial charge in [0.1, 0.15) is 17.6 Å². The van der Waals surface area contributed by atoms with Gasteiger partial charge in [-0.15, -0.1) is 0 Å². The van der Waals surface area contributed by atoms with Crippen LogP contribution in [0.3, 0.4) is 0 Å². The summed E-state index contributed by atoms with van der Waals surface area (Å²) in [6.07, 6.45) is 6.58. The van der Waals surface area contributed by atoms with E-state index in [1.165, 1.54) is 0 Å². The first kappa shape index (κ1) is 19.5. The monoisotopic (exact) mass is 397 g/mol. The van der Waals surface area contributed by atoms with Crippen LogP contribution in [0.1, 0.15) is 55.4 Å². The fourth-order valence-electron chi connectivity index (χ4n) is 4.15. The molecule has 2 aromatic rings. The molecule has 1 aromatic heterocycles. The van der Waals surface area contributed by atoms with Crippen molar-refractivity contribution in [3.63, 3.8) is 0 Å². The van der Waals surface area contributed by atoms with Gasteiger partial charge >= 0.3 is 0 Å². The highest BCUT2D eigenvalue weighted by atomic mass is 16.5. The molecule has 29 heavy (non-hydrogen) atoms. The molecule has 0 N–H and O–H groups in total. The Balaban J connectivity index is 1.45. The Hall–Kier alpha value is -2.83. The molecule has 0 bridgehead atoms. The number of methoxy groups -OCH3 is 1. The molecule has 0 aliphatic carbocycles. The van der Waals surface area contributed by atoms with Gasteiger partial charge in [0, 0.05) is 25.9 Å². The Morgan fingerprint density at radius 1 is 1.28 bits per heavy atom. The van der Waals surface area contributed by atoms with Crippen molar-refractivity contribution in [2.24, 2.45) is 0 Å². The van der Waals surface area contributed by atoms with Crippen molar-refractivity contribution in [1.29, 1.82) is 0 Å². The van der Waals surface area contributed by atoms with Gasteiger partial charge in [-0.2, -0.15) is 0 Å². The predicted octanol–water partition coefficient (Wildman–Crippen LogP) is 2.95. The Labute approximate surface area is 170 Å². The summed E-state index contributed by atoms with van der Waals surface area (Å²) in [5.41, 5.74) is 1.08. The molecule has 0 radical (unpaired) electrons. The van der Waals surface area contributed by atoms with Crippen LogP contribution in [0.25, 0.3) is 0 Å². The zero-order chi connectivity index (χ0) is 20.2. The van der Waals surface area contributed by atoms with Crippen molar-refractivity contribution in [3.05, 3.63) is 47.7 Å². The van der Waals surface area contributed by atoms with Crippen LogP contribution in [0.15, 0.2) is 34.9 Å². The van der Waals surface area contributed by atoms with E-state index in [0.717, 1.165) is 42.8 Å². The fourth-order valence-corrected chi connectivity index (χ4v) is 4.15. The average molecular weight is 397 g/mol. The second-order valence-corrected chi connectivity index (χ2v) is 7.71. The first-order chi connectivity index (χ1) is 14.1. The SMILES string of the molecule is COc1cccc(Cc2cnc([C@@H]3CCCCN3C(=O)CN3CCCC3=O)o2)c1. The summed E-state index contributed by atoms with van der Waals surface area (Å²) in [6, 6.07) is 7.70. The normalized spacial score (nSPS) is 19.6. The van der Waals surface area contributed by atoms with E-state index in [0.29, 0.717) is 31.8 Å². The summed E-state index contributed by atoms with van der Waals surface area (Å²) >= 11 is 0. The third-order valence-electron chi connectivity index (χ3n) is 5.69. The molecule has 2 aliphatic rings. The number of carbonyl (C=O) groups is 2. The van der Waals surface area contributed by atoms with E-state index < -0.39 is 0 Å². The number of piperidine rings is 1. The number of hydrogen-bond donors (Lipinski definition) is 0. The van der Waals surface area contributed by atoms with Crippen molar-refractivity contribution < 1.29 is 18.7 Å². The second kappa shape index (κ2) is 8.68. The Morgan fingerprint density at radius 2 is 2.17 bits per heavy atom. The molecule has 0 saturated carbocycles. The third kappa shape index (κ3) is 4.44. The number of amides is 2. The number of rotatable bonds is 6. The van der Waals surface area contributed by atoms with Gasteiger partial charge in [-0.05, 0) is 43.4 Å². The zero-order valence-electron chi connectivity index (χ0n) is 16.8. The number of hydrogen-bond acceptors (Lipinski definition) is 5. The number of nitrogens with zero attached hydrogens (tertiary/aromatic N) is 3. The van der Waals surface area contributed by atoms with Crippen LogP contribution < -0.4 is 4.74 Å². The fraction of sp³-hybridized carbons (Fsp3) is 0.500. The van der Waals surface area contributed by atoms with Crippen LogP contribution in [0.4, 0.5) is 0 Å². The number of aromatic nitrogens is 1. The Kier molecular flexibility index (Phi) is 5.83. The molecular weight excluding hydrogens is 370 g/mol. The van der Waals surface area contributed by atoms with Crippen molar-refractivity contribution >= 4 is 11.8 Å². The molecule has 2 saturated heterocycles. The molecule has 1 aromatic carbocycles. The van der Waals surface area contributed by atoms with Crippen molar-refractivity contribution in [1.82, 2.24) is 14.8 Å². The summed E-state index contributed by atoms with van der Waals surface area (Å²) in [5, 5.41) is 0. The van der Waals surface area contributed by atoms with Gasteiger partial charge < -0.3 is 19.0 Å². The number of likely N-dealkylation sites (tertiary alicyclic amines) is 2. The number of benzene rings is 1. The largest absolute Gasteiger partial charge is 0.497 e. The zero-order valence-corrected chi connectivity index (χ0v) is 16.8. The molecular formula is C22H27N3O4. The average Bonchev–Trinajstić information content (AvgIpc) is 3.37. The molecule has 3 heterocycles. The molecule has 7 nitrogen and oxygen atoms in total. The van der Waals surface area contributed by atoms with Gasteiger partial charge in [-0.3, -0.25) is 9.59 Å². The van der Waals surface area contributed by atoms with E-state index in [-0.39, 0.29) is 24.4 Å². The smallest absolute Gasteiger partial charge is 0.242 e. The van der Waals surface area contributed by atoms with Crippen molar-refractivity contribution in [2.45, 2.75) is 44.6 Å². The minimum absolute atomic E-state index is 0.0162. The van der Waals surface area contributed by atoms with Crippen LogP contribution in [-0.2, 0) is 16.0 Å². The molecule has 0 spiro atoms. The molecule has 1 atom stereocenters. The lowest BCUT2D eigenvalue weighted by Crippen LogP contribution is -2.44. The van der Waals surface area contributed by atoms with Crippen LogP contribution in [0.2, 0.25) is 0 Å². The summed E-state index contributed by atoms with van der Waals surface area (Å²) in [7, 11) is 1.65. The highest BCUT2D eigenvalue weighted by molar-refractivity contribution is 5.86. The van der Waals surface area contributed by atoms with Gasteiger partial charge in [0.2, 0.25) is 17.7 Å². The van der Waals surface area contributed by atoms with Crippen molar-refractivity contribution in [3.8, 4) is 5.75 Å². The van der Waals surface area contributed by atoms with E-state index in [4.69, 9.17) is 9.15 Å². The minimum atomic E-state index is -0.159. The topological polar surface area (TPSA) is 75.9 Å². The molecule has 2 fully saturated rings. The summed E-state index contributed by atoms with van der Waals surface area (Å²) < 4.78 is 11.3. The maximum absolute atomic E-state index is 12.9. The molecule has 4 rings (SSSR count). The highest BCUT2D eigenvalue weighted by Crippen LogP contribution is 2.31. The van der Waals surface area contributed by atoms with E-state index in [2.05, 4.69) is 4.98 Å². The van der Waals surface area contributed by atoms with E-state index >= 15 is 0 Å². The quantitative estimate of drug-likeness (QED) is 0.749. The highest BCUT2D eigenvalue weighted by Gasteiger charge is 2.33. The summed E-state index contributed by atoms with van der Waals surface area (Å²) in [5.74, 6) is 2.22. The van der Waals surface area contributed by atoms with Gasteiger partial charge in [-0.1, -0.05) is 12.1 Å². The second-order valence-electron chi connectivity index (χ2n) is 7.71. The molecule has 2 amide bonds. The van der Waals surface area contributed by atoms with Gasteiger partial charge in [0.15, 0.2) is 0 Å². The van der Waals surface area contributed by atoms with Gasteiger partial charge in [0.05, 0.1) is 19.9 Å². The standard InChI is InChI=1S/C22H27N3O4/c1-28-17-7-4-6-16(12-17)13-18-14-23-22(29-18)19-8-2-3-11-25(19)21(27)15-24-10-5-9-20(24)26/h4,6-7,12,14,19H,2-3,5,8-11,13,15H2,1H3/t19-/m0/s1. The summed E-state index contributed by atoms with van der Waals surface area (Å²) in [6.45, 7) is 1.51. The van der Waals surface area contributed by atoms with Crippen LogP contribution >= 0.6 is 0 Å². The number of carbonyl (C=O) groups excluding carboxylic acids is 2. The van der Waals surface area contributed by atoms with Crippen LogP contribution in [0.5, 0.6) is 5.75 Å². The molecule has 154 valence electrons. The Bertz CT molecular complexity index is 878.